The van der Waals surface area contributed by atoms with Crippen LogP contribution >= 0.6 is 23.2 Å². The minimum absolute atomic E-state index is 0.0155. The first-order valence-corrected chi connectivity index (χ1v) is 9.21. The zero-order valence-electron chi connectivity index (χ0n) is 14.1. The molecule has 1 aromatic carbocycles. The average Bonchev–Trinajstić information content (AvgIpc) is 2.68. The van der Waals surface area contributed by atoms with Gasteiger partial charge in [0.25, 0.3) is 5.91 Å². The molecule has 1 aromatic heterocycles. The Morgan fingerprint density at radius 3 is 2.62 bits per heavy atom. The summed E-state index contributed by atoms with van der Waals surface area (Å²) < 4.78 is 0. The number of hydrogen-bond acceptors (Lipinski definition) is 3. The zero-order valence-corrected chi connectivity index (χ0v) is 15.6. The molecule has 0 radical (unpaired) electrons. The quantitative estimate of drug-likeness (QED) is 0.866. The van der Waals surface area contributed by atoms with Crippen molar-refractivity contribution < 1.29 is 9.59 Å². The number of hydrogen-bond donors (Lipinski definition) is 1. The highest BCUT2D eigenvalue weighted by atomic mass is 35.5. The zero-order chi connectivity index (χ0) is 18.5. The number of aromatic nitrogens is 1. The van der Waals surface area contributed by atoms with Gasteiger partial charge in [0.15, 0.2) is 0 Å². The molecule has 26 heavy (non-hydrogen) atoms. The summed E-state index contributed by atoms with van der Waals surface area (Å²) in [7, 11) is 0. The number of piperidine rings is 1. The Bertz CT molecular complexity index is 791. The van der Waals surface area contributed by atoms with Crippen molar-refractivity contribution in [2.45, 2.75) is 19.4 Å². The van der Waals surface area contributed by atoms with Gasteiger partial charge in [-0.25, -0.2) is 0 Å². The van der Waals surface area contributed by atoms with E-state index in [-0.39, 0.29) is 22.8 Å². The Balaban J connectivity index is 1.53. The highest BCUT2D eigenvalue weighted by Gasteiger charge is 2.28. The lowest BCUT2D eigenvalue weighted by Gasteiger charge is -2.31. The predicted molar refractivity (Wildman–Crippen MR) is 101 cm³/mol. The van der Waals surface area contributed by atoms with Gasteiger partial charge in [-0.3, -0.25) is 14.6 Å². The van der Waals surface area contributed by atoms with Gasteiger partial charge in [0.1, 0.15) is 0 Å². The van der Waals surface area contributed by atoms with Crippen LogP contribution in [-0.2, 0) is 11.3 Å². The molecule has 2 amide bonds. The van der Waals surface area contributed by atoms with Gasteiger partial charge in [0.05, 0.1) is 15.6 Å². The third kappa shape index (κ3) is 4.34. The van der Waals surface area contributed by atoms with Crippen molar-refractivity contribution in [2.75, 3.05) is 13.1 Å². The van der Waals surface area contributed by atoms with Gasteiger partial charge in [0, 0.05) is 37.9 Å². The minimum atomic E-state index is -0.147. The van der Waals surface area contributed by atoms with Crippen LogP contribution in [0.2, 0.25) is 10.0 Å². The lowest BCUT2D eigenvalue weighted by Crippen LogP contribution is -2.43. The van der Waals surface area contributed by atoms with Gasteiger partial charge in [-0.2, -0.15) is 0 Å². The number of benzene rings is 1. The van der Waals surface area contributed by atoms with E-state index in [1.54, 1.807) is 35.5 Å². The standard InChI is InChI=1S/C19H19Cl2N3O2/c20-16-5-1-4-15(17(16)21)19(26)24-9-6-14(7-10-24)18(25)23-12-13-3-2-8-22-11-13/h1-5,8,11,14H,6-7,9-10,12H2,(H,23,25). The van der Waals surface area contributed by atoms with Gasteiger partial charge in [-0.15, -0.1) is 0 Å². The third-order valence-corrected chi connectivity index (χ3v) is 5.34. The summed E-state index contributed by atoms with van der Waals surface area (Å²) in [4.78, 5) is 30.7. The lowest BCUT2D eigenvalue weighted by atomic mass is 9.95. The molecule has 1 saturated heterocycles. The van der Waals surface area contributed by atoms with E-state index in [0.29, 0.717) is 43.1 Å². The highest BCUT2D eigenvalue weighted by molar-refractivity contribution is 6.43. The lowest BCUT2D eigenvalue weighted by molar-refractivity contribution is -0.126. The number of likely N-dealkylation sites (tertiary alicyclic amines) is 1. The van der Waals surface area contributed by atoms with E-state index in [0.717, 1.165) is 5.56 Å². The van der Waals surface area contributed by atoms with E-state index in [2.05, 4.69) is 10.3 Å². The van der Waals surface area contributed by atoms with Crippen LogP contribution in [0.25, 0.3) is 0 Å². The summed E-state index contributed by atoms with van der Waals surface area (Å²) in [6.45, 7) is 1.50. The van der Waals surface area contributed by atoms with Crippen molar-refractivity contribution in [3.05, 3.63) is 63.9 Å². The van der Waals surface area contributed by atoms with Crippen molar-refractivity contribution in [1.29, 1.82) is 0 Å². The van der Waals surface area contributed by atoms with Gasteiger partial charge in [-0.05, 0) is 36.6 Å². The second-order valence-electron chi connectivity index (χ2n) is 6.25. The van der Waals surface area contributed by atoms with Crippen molar-refractivity contribution in [3.63, 3.8) is 0 Å². The Morgan fingerprint density at radius 2 is 1.92 bits per heavy atom. The van der Waals surface area contributed by atoms with Crippen LogP contribution in [0.3, 0.4) is 0 Å². The Labute approximate surface area is 162 Å². The van der Waals surface area contributed by atoms with Gasteiger partial charge < -0.3 is 10.2 Å². The molecule has 1 N–H and O–H groups in total. The van der Waals surface area contributed by atoms with E-state index in [4.69, 9.17) is 23.2 Å². The largest absolute Gasteiger partial charge is 0.352 e. The fourth-order valence-corrected chi connectivity index (χ4v) is 3.40. The first kappa shape index (κ1) is 18.7. The second kappa shape index (κ2) is 8.52. The molecule has 136 valence electrons. The first-order chi connectivity index (χ1) is 12.6. The normalized spacial score (nSPS) is 14.9. The van der Waals surface area contributed by atoms with Crippen LogP contribution in [-0.4, -0.2) is 34.8 Å². The van der Waals surface area contributed by atoms with Crippen LogP contribution in [0.15, 0.2) is 42.7 Å². The second-order valence-corrected chi connectivity index (χ2v) is 7.03. The van der Waals surface area contributed by atoms with Crippen molar-refractivity contribution >= 4 is 35.0 Å². The fraction of sp³-hybridized carbons (Fsp3) is 0.316. The Hall–Kier alpha value is -2.11. The number of nitrogens with zero attached hydrogens (tertiary/aromatic N) is 2. The van der Waals surface area contributed by atoms with Crippen molar-refractivity contribution in [2.24, 2.45) is 5.92 Å². The topological polar surface area (TPSA) is 62.3 Å². The van der Waals surface area contributed by atoms with Crippen LogP contribution in [0.1, 0.15) is 28.8 Å². The monoisotopic (exact) mass is 391 g/mol. The van der Waals surface area contributed by atoms with Gasteiger partial charge >= 0.3 is 0 Å². The van der Waals surface area contributed by atoms with Crippen molar-refractivity contribution in [3.8, 4) is 0 Å². The molecule has 0 spiro atoms. The summed E-state index contributed by atoms with van der Waals surface area (Å²) in [6.07, 6.45) is 4.69. The highest BCUT2D eigenvalue weighted by Crippen LogP contribution is 2.28. The molecule has 7 heteroatoms. The van der Waals surface area contributed by atoms with E-state index in [1.165, 1.54) is 0 Å². The van der Waals surface area contributed by atoms with Crippen LogP contribution < -0.4 is 5.32 Å². The smallest absolute Gasteiger partial charge is 0.255 e. The van der Waals surface area contributed by atoms with E-state index >= 15 is 0 Å². The number of pyridine rings is 1. The molecule has 1 fully saturated rings. The maximum Gasteiger partial charge on any atom is 0.255 e. The van der Waals surface area contributed by atoms with Gasteiger partial charge in [0.2, 0.25) is 5.91 Å². The molecule has 2 aromatic rings. The third-order valence-electron chi connectivity index (χ3n) is 4.52. The summed E-state index contributed by atoms with van der Waals surface area (Å²) in [5.74, 6) is -0.223. The molecule has 2 heterocycles. The average molecular weight is 392 g/mol. The van der Waals surface area contributed by atoms with E-state index in [1.807, 2.05) is 12.1 Å². The molecule has 1 aliphatic rings. The van der Waals surface area contributed by atoms with Crippen molar-refractivity contribution in [1.82, 2.24) is 15.2 Å². The molecule has 0 bridgehead atoms. The number of rotatable bonds is 4. The Kier molecular flexibility index (Phi) is 6.12. The molecule has 0 aliphatic carbocycles. The molecule has 1 aliphatic heterocycles. The molecular weight excluding hydrogens is 373 g/mol. The van der Waals surface area contributed by atoms with Crippen LogP contribution in [0.5, 0.6) is 0 Å². The van der Waals surface area contributed by atoms with E-state index < -0.39 is 0 Å². The summed E-state index contributed by atoms with van der Waals surface area (Å²) >= 11 is 12.1. The summed E-state index contributed by atoms with van der Waals surface area (Å²) in [6, 6.07) is 8.79. The summed E-state index contributed by atoms with van der Waals surface area (Å²) in [5, 5.41) is 3.58. The molecule has 5 nitrogen and oxygen atoms in total. The predicted octanol–water partition coefficient (Wildman–Crippen LogP) is 3.56. The molecule has 0 atom stereocenters. The fourth-order valence-electron chi connectivity index (χ4n) is 3.02. The van der Waals surface area contributed by atoms with Crippen LogP contribution in [0.4, 0.5) is 0 Å². The van der Waals surface area contributed by atoms with Crippen LogP contribution in [0, 0.1) is 5.92 Å². The molecule has 0 saturated carbocycles. The van der Waals surface area contributed by atoms with E-state index in [9.17, 15) is 9.59 Å². The minimum Gasteiger partial charge on any atom is -0.352 e. The summed E-state index contributed by atoms with van der Waals surface area (Å²) in [5.41, 5.74) is 1.36. The number of nitrogens with one attached hydrogen (secondary N) is 1. The molecule has 0 unspecified atom stereocenters. The maximum absolute atomic E-state index is 12.6. The number of carbonyl (C=O) groups excluding carboxylic acids is 2. The number of carbonyl (C=O) groups is 2. The number of halogens is 2. The SMILES string of the molecule is O=C(NCc1cccnc1)C1CCN(C(=O)c2cccc(Cl)c2Cl)CC1. The maximum atomic E-state index is 12.6. The Morgan fingerprint density at radius 1 is 1.15 bits per heavy atom. The van der Waals surface area contributed by atoms with Gasteiger partial charge in [-0.1, -0.05) is 35.3 Å². The first-order valence-electron chi connectivity index (χ1n) is 8.46. The number of amides is 2. The molecular formula is C19H19Cl2N3O2. The molecule has 3 rings (SSSR count).